The van der Waals surface area contributed by atoms with Gasteiger partial charge in [-0.15, -0.1) is 0 Å². The first kappa shape index (κ1) is 12.4. The summed E-state index contributed by atoms with van der Waals surface area (Å²) in [5.41, 5.74) is 5.84. The van der Waals surface area contributed by atoms with E-state index in [0.717, 1.165) is 25.7 Å². The number of benzene rings is 1. The zero-order valence-corrected chi connectivity index (χ0v) is 12.5. The van der Waals surface area contributed by atoms with Gasteiger partial charge >= 0.3 is 0 Å². The Morgan fingerprint density at radius 2 is 2.15 bits per heavy atom. The van der Waals surface area contributed by atoms with Gasteiger partial charge in [0.15, 0.2) is 0 Å². The van der Waals surface area contributed by atoms with E-state index in [0.29, 0.717) is 0 Å². The largest absolute Gasteiger partial charge is 0.384 e. The summed E-state index contributed by atoms with van der Waals surface area (Å²) in [6.45, 7) is 3.27. The molecule has 1 N–H and O–H groups in total. The van der Waals surface area contributed by atoms with Gasteiger partial charge in [0.05, 0.1) is 0 Å². The molecule has 0 atom stereocenters. The summed E-state index contributed by atoms with van der Waals surface area (Å²) in [7, 11) is 0. The molecular formula is C17H20N2S. The number of anilines is 1. The molecule has 20 heavy (non-hydrogen) atoms. The van der Waals surface area contributed by atoms with Crippen LogP contribution >= 0.6 is 11.3 Å². The van der Waals surface area contributed by atoms with Crippen molar-refractivity contribution >= 4 is 17.0 Å². The van der Waals surface area contributed by atoms with Crippen molar-refractivity contribution < 1.29 is 0 Å². The average Bonchev–Trinajstić information content (AvgIpc) is 2.98. The number of rotatable bonds is 5. The summed E-state index contributed by atoms with van der Waals surface area (Å²) in [4.78, 5) is 2.65. The molecule has 104 valence electrons. The lowest BCUT2D eigenvalue weighted by atomic mass is 10.1. The highest BCUT2D eigenvalue weighted by molar-refractivity contribution is 7.07. The van der Waals surface area contributed by atoms with Crippen molar-refractivity contribution in [1.82, 2.24) is 4.90 Å². The van der Waals surface area contributed by atoms with Crippen molar-refractivity contribution in [2.24, 2.45) is 0 Å². The van der Waals surface area contributed by atoms with Crippen molar-refractivity contribution in [3.8, 4) is 0 Å². The summed E-state index contributed by atoms with van der Waals surface area (Å²) < 4.78 is 0. The predicted octanol–water partition coefficient (Wildman–Crippen LogP) is 3.88. The number of thiophene rings is 1. The van der Waals surface area contributed by atoms with E-state index in [1.54, 1.807) is 11.3 Å². The molecule has 2 aromatic rings. The van der Waals surface area contributed by atoms with E-state index in [2.05, 4.69) is 45.2 Å². The van der Waals surface area contributed by atoms with Gasteiger partial charge in [0, 0.05) is 31.4 Å². The number of hydrogen-bond donors (Lipinski definition) is 1. The van der Waals surface area contributed by atoms with Gasteiger partial charge < -0.3 is 5.32 Å². The van der Waals surface area contributed by atoms with E-state index in [1.807, 2.05) is 0 Å². The van der Waals surface area contributed by atoms with Crippen LogP contribution in [0.15, 0.2) is 35.0 Å². The number of para-hydroxylation sites is 1. The maximum atomic E-state index is 3.57. The van der Waals surface area contributed by atoms with Crippen molar-refractivity contribution in [3.05, 3.63) is 51.7 Å². The monoisotopic (exact) mass is 284 g/mol. The molecule has 0 saturated heterocycles. The van der Waals surface area contributed by atoms with Crippen LogP contribution < -0.4 is 5.32 Å². The molecule has 1 aromatic heterocycles. The summed E-state index contributed by atoms with van der Waals surface area (Å²) in [6, 6.07) is 9.83. The average molecular weight is 284 g/mol. The summed E-state index contributed by atoms with van der Waals surface area (Å²) >= 11 is 1.80. The molecule has 1 aliphatic carbocycles. The number of fused-ring (bicyclic) bond motifs is 1. The molecule has 2 nitrogen and oxygen atoms in total. The van der Waals surface area contributed by atoms with Gasteiger partial charge in [-0.25, -0.2) is 0 Å². The fraction of sp³-hybridized carbons (Fsp3) is 0.412. The van der Waals surface area contributed by atoms with Crippen LogP contribution in [0.5, 0.6) is 0 Å². The molecule has 3 heteroatoms. The first-order valence-corrected chi connectivity index (χ1v) is 8.44. The van der Waals surface area contributed by atoms with Crippen molar-refractivity contribution in [1.29, 1.82) is 0 Å². The van der Waals surface area contributed by atoms with E-state index in [4.69, 9.17) is 0 Å². The minimum Gasteiger partial charge on any atom is -0.384 e. The minimum atomic E-state index is 0.798. The molecule has 0 unspecified atom stereocenters. The van der Waals surface area contributed by atoms with Crippen LogP contribution in [-0.4, -0.2) is 17.5 Å². The van der Waals surface area contributed by atoms with Crippen molar-refractivity contribution in [2.45, 2.75) is 38.4 Å². The maximum Gasteiger partial charge on any atom is 0.0419 e. The van der Waals surface area contributed by atoms with Crippen LogP contribution in [0.1, 0.15) is 29.5 Å². The number of hydrogen-bond acceptors (Lipinski definition) is 3. The van der Waals surface area contributed by atoms with E-state index in [9.17, 15) is 0 Å². The Morgan fingerprint density at radius 3 is 2.95 bits per heavy atom. The van der Waals surface area contributed by atoms with Crippen LogP contribution in [-0.2, 0) is 19.5 Å². The molecule has 0 radical (unpaired) electrons. The standard InChI is InChI=1S/C17H20N2S/c1-2-14-6-8-18-17(14)15(3-1)11-19(16-4-5-16)10-13-7-9-20-12-13/h1-3,7,9,12,16,18H,4-6,8,10-11H2. The van der Waals surface area contributed by atoms with Gasteiger partial charge in [0.1, 0.15) is 0 Å². The highest BCUT2D eigenvalue weighted by Gasteiger charge is 2.29. The van der Waals surface area contributed by atoms with Gasteiger partial charge in [0.2, 0.25) is 0 Å². The van der Waals surface area contributed by atoms with Crippen molar-refractivity contribution in [3.63, 3.8) is 0 Å². The van der Waals surface area contributed by atoms with Gasteiger partial charge in [-0.1, -0.05) is 18.2 Å². The Labute approximate surface area is 124 Å². The highest BCUT2D eigenvalue weighted by atomic mass is 32.1. The molecule has 1 saturated carbocycles. The van der Waals surface area contributed by atoms with Crippen molar-refractivity contribution in [2.75, 3.05) is 11.9 Å². The van der Waals surface area contributed by atoms with Crippen LogP contribution in [0.4, 0.5) is 5.69 Å². The quantitative estimate of drug-likeness (QED) is 0.896. The molecule has 2 aliphatic rings. The molecule has 1 aromatic carbocycles. The lowest BCUT2D eigenvalue weighted by Gasteiger charge is -2.23. The summed E-state index contributed by atoms with van der Waals surface area (Å²) in [6.07, 6.45) is 3.91. The normalized spacial score (nSPS) is 17.2. The lowest BCUT2D eigenvalue weighted by molar-refractivity contribution is 0.246. The molecule has 0 spiro atoms. The molecule has 0 amide bonds. The Balaban J connectivity index is 1.55. The Bertz CT molecular complexity index is 587. The molecule has 4 rings (SSSR count). The smallest absolute Gasteiger partial charge is 0.0419 e. The van der Waals surface area contributed by atoms with Gasteiger partial charge in [-0.3, -0.25) is 4.90 Å². The molecule has 2 heterocycles. The van der Waals surface area contributed by atoms with Gasteiger partial charge in [-0.2, -0.15) is 11.3 Å². The topological polar surface area (TPSA) is 15.3 Å². The third kappa shape index (κ3) is 2.48. The van der Waals surface area contributed by atoms with E-state index in [-0.39, 0.29) is 0 Å². The number of nitrogens with zero attached hydrogens (tertiary/aromatic N) is 1. The maximum absolute atomic E-state index is 3.57. The third-order valence-electron chi connectivity index (χ3n) is 4.34. The first-order chi connectivity index (χ1) is 9.90. The SMILES string of the molecule is c1cc2c(c(CN(Cc3ccsc3)C3CC3)c1)NCC2. The van der Waals surface area contributed by atoms with E-state index in [1.165, 1.54) is 41.6 Å². The summed E-state index contributed by atoms with van der Waals surface area (Å²) in [5.74, 6) is 0. The second kappa shape index (κ2) is 5.23. The van der Waals surface area contributed by atoms with Crippen LogP contribution in [0.25, 0.3) is 0 Å². The fourth-order valence-corrected chi connectivity index (χ4v) is 3.79. The van der Waals surface area contributed by atoms with Gasteiger partial charge in [0.25, 0.3) is 0 Å². The van der Waals surface area contributed by atoms with Crippen LogP contribution in [0.2, 0.25) is 0 Å². The minimum absolute atomic E-state index is 0.798. The van der Waals surface area contributed by atoms with Crippen LogP contribution in [0, 0.1) is 0 Å². The molecule has 1 fully saturated rings. The van der Waals surface area contributed by atoms with Crippen LogP contribution in [0.3, 0.4) is 0 Å². The fourth-order valence-electron chi connectivity index (χ4n) is 3.13. The molecule has 1 aliphatic heterocycles. The Hall–Kier alpha value is -1.32. The summed E-state index contributed by atoms with van der Waals surface area (Å²) in [5, 5.41) is 8.03. The van der Waals surface area contributed by atoms with E-state index >= 15 is 0 Å². The first-order valence-electron chi connectivity index (χ1n) is 7.50. The second-order valence-corrected chi connectivity index (χ2v) is 6.68. The highest BCUT2D eigenvalue weighted by Crippen LogP contribution is 2.33. The van der Waals surface area contributed by atoms with E-state index < -0.39 is 0 Å². The predicted molar refractivity (Wildman–Crippen MR) is 85.2 cm³/mol. The lowest BCUT2D eigenvalue weighted by Crippen LogP contribution is -2.25. The molecule has 0 bridgehead atoms. The Kier molecular flexibility index (Phi) is 3.25. The zero-order valence-electron chi connectivity index (χ0n) is 11.6. The second-order valence-electron chi connectivity index (χ2n) is 5.90. The third-order valence-corrected chi connectivity index (χ3v) is 5.07. The van der Waals surface area contributed by atoms with Gasteiger partial charge in [-0.05, 0) is 52.8 Å². The zero-order chi connectivity index (χ0) is 13.4. The number of nitrogens with one attached hydrogen (secondary N) is 1. The Morgan fingerprint density at radius 1 is 1.20 bits per heavy atom. The molecular weight excluding hydrogens is 264 g/mol.